The Kier molecular flexibility index (Phi) is 3.34. The molecule has 98 valence electrons. The number of nitrogens with two attached hydrogens (primary N) is 1. The Morgan fingerprint density at radius 1 is 1.24 bits per heavy atom. The Labute approximate surface area is 103 Å². The average molecular weight is 240 g/mol. The summed E-state index contributed by atoms with van der Waals surface area (Å²) in [7, 11) is 0. The van der Waals surface area contributed by atoms with Crippen LogP contribution < -0.4 is 5.73 Å². The van der Waals surface area contributed by atoms with E-state index in [4.69, 9.17) is 10.5 Å². The Morgan fingerprint density at radius 2 is 1.88 bits per heavy atom. The molecule has 4 nitrogen and oxygen atoms in total. The maximum Gasteiger partial charge on any atom is 0.410 e. The third kappa shape index (κ3) is 3.12. The summed E-state index contributed by atoms with van der Waals surface area (Å²) in [6.45, 7) is 7.40. The molecular formula is C13H24N2O2. The van der Waals surface area contributed by atoms with E-state index in [9.17, 15) is 4.79 Å². The molecule has 1 heterocycles. The van der Waals surface area contributed by atoms with Crippen LogP contribution in [0.25, 0.3) is 0 Å². The van der Waals surface area contributed by atoms with Gasteiger partial charge in [0.2, 0.25) is 0 Å². The summed E-state index contributed by atoms with van der Waals surface area (Å²) >= 11 is 0. The summed E-state index contributed by atoms with van der Waals surface area (Å²) in [4.78, 5) is 13.8. The minimum Gasteiger partial charge on any atom is -0.444 e. The molecule has 0 spiro atoms. The molecule has 2 N–H and O–H groups in total. The van der Waals surface area contributed by atoms with Crippen molar-refractivity contribution in [3.63, 3.8) is 0 Å². The van der Waals surface area contributed by atoms with Gasteiger partial charge in [0.25, 0.3) is 0 Å². The zero-order valence-electron chi connectivity index (χ0n) is 11.1. The van der Waals surface area contributed by atoms with Crippen molar-refractivity contribution in [2.45, 2.75) is 51.7 Å². The molecule has 2 fully saturated rings. The number of fused-ring (bicyclic) bond motifs is 1. The lowest BCUT2D eigenvalue weighted by atomic mass is 9.79. The van der Waals surface area contributed by atoms with Crippen molar-refractivity contribution in [1.82, 2.24) is 4.90 Å². The summed E-state index contributed by atoms with van der Waals surface area (Å²) in [5.41, 5.74) is 5.58. The molecule has 0 aromatic heterocycles. The van der Waals surface area contributed by atoms with Gasteiger partial charge in [-0.2, -0.15) is 0 Å². The fourth-order valence-corrected chi connectivity index (χ4v) is 2.94. The second-order valence-corrected chi connectivity index (χ2v) is 6.48. The van der Waals surface area contributed by atoms with Crippen molar-refractivity contribution >= 4 is 6.09 Å². The lowest BCUT2D eigenvalue weighted by Gasteiger charge is -2.27. The second-order valence-electron chi connectivity index (χ2n) is 6.48. The number of carbonyl (C=O) groups excluding carboxylic acids is 1. The van der Waals surface area contributed by atoms with Gasteiger partial charge in [-0.1, -0.05) is 0 Å². The number of hydrogen-bond acceptors (Lipinski definition) is 3. The third-order valence-electron chi connectivity index (χ3n) is 3.74. The molecule has 17 heavy (non-hydrogen) atoms. The van der Waals surface area contributed by atoms with Gasteiger partial charge in [0, 0.05) is 19.1 Å². The molecule has 0 aromatic carbocycles. The number of carbonyl (C=O) groups is 1. The van der Waals surface area contributed by atoms with Crippen LogP contribution in [0.5, 0.6) is 0 Å². The number of likely N-dealkylation sites (tertiary alicyclic amines) is 1. The van der Waals surface area contributed by atoms with Gasteiger partial charge in [-0.15, -0.1) is 0 Å². The first-order valence-electron chi connectivity index (χ1n) is 6.58. The molecule has 0 radical (unpaired) electrons. The highest BCUT2D eigenvalue weighted by Gasteiger charge is 2.39. The molecule has 1 aliphatic heterocycles. The molecular weight excluding hydrogens is 216 g/mol. The molecule has 0 bridgehead atoms. The van der Waals surface area contributed by atoms with Crippen LogP contribution in [0.2, 0.25) is 0 Å². The molecule has 1 saturated carbocycles. The van der Waals surface area contributed by atoms with Crippen LogP contribution >= 0.6 is 0 Å². The van der Waals surface area contributed by atoms with E-state index in [1.54, 1.807) is 0 Å². The van der Waals surface area contributed by atoms with Crippen LogP contribution in [-0.2, 0) is 4.74 Å². The van der Waals surface area contributed by atoms with Gasteiger partial charge in [0.05, 0.1) is 0 Å². The highest BCUT2D eigenvalue weighted by Crippen LogP contribution is 2.36. The van der Waals surface area contributed by atoms with Crippen molar-refractivity contribution in [3.05, 3.63) is 0 Å². The Balaban J connectivity index is 1.91. The fourth-order valence-electron chi connectivity index (χ4n) is 2.94. The van der Waals surface area contributed by atoms with Gasteiger partial charge in [0.1, 0.15) is 5.60 Å². The minimum atomic E-state index is -0.402. The molecule has 0 aromatic rings. The van der Waals surface area contributed by atoms with Gasteiger partial charge >= 0.3 is 6.09 Å². The van der Waals surface area contributed by atoms with Gasteiger partial charge in [-0.25, -0.2) is 4.79 Å². The molecule has 3 atom stereocenters. The SMILES string of the molecule is CC(C)(C)OC(=O)N1C[C@@H]2CC[C@@H](N)C[C@H]2C1. The number of ether oxygens (including phenoxy) is 1. The highest BCUT2D eigenvalue weighted by atomic mass is 16.6. The predicted octanol–water partition coefficient (Wildman–Crippen LogP) is 1.98. The van der Waals surface area contributed by atoms with E-state index in [-0.39, 0.29) is 6.09 Å². The second kappa shape index (κ2) is 4.48. The van der Waals surface area contributed by atoms with E-state index in [0.717, 1.165) is 32.4 Å². The van der Waals surface area contributed by atoms with Crippen molar-refractivity contribution < 1.29 is 9.53 Å². The van der Waals surface area contributed by atoms with Crippen LogP contribution in [-0.4, -0.2) is 35.7 Å². The normalized spacial score (nSPS) is 33.4. The Bertz CT molecular complexity index is 298. The zero-order chi connectivity index (χ0) is 12.6. The highest BCUT2D eigenvalue weighted by molar-refractivity contribution is 5.68. The summed E-state index contributed by atoms with van der Waals surface area (Å²) in [5.74, 6) is 1.23. The maximum absolute atomic E-state index is 12.0. The molecule has 1 aliphatic carbocycles. The van der Waals surface area contributed by atoms with Crippen molar-refractivity contribution in [2.24, 2.45) is 17.6 Å². The molecule has 2 rings (SSSR count). The summed E-state index contributed by atoms with van der Waals surface area (Å²) in [6.07, 6.45) is 3.15. The summed E-state index contributed by atoms with van der Waals surface area (Å²) < 4.78 is 5.41. The van der Waals surface area contributed by atoms with Crippen molar-refractivity contribution in [1.29, 1.82) is 0 Å². The smallest absolute Gasteiger partial charge is 0.410 e. The quantitative estimate of drug-likeness (QED) is 0.704. The first-order valence-corrected chi connectivity index (χ1v) is 6.58. The van der Waals surface area contributed by atoms with E-state index in [1.165, 1.54) is 0 Å². The maximum atomic E-state index is 12.0. The first kappa shape index (κ1) is 12.7. The Morgan fingerprint density at radius 3 is 2.53 bits per heavy atom. The minimum absolute atomic E-state index is 0.166. The van der Waals surface area contributed by atoms with Gasteiger partial charge in [0.15, 0.2) is 0 Å². The largest absolute Gasteiger partial charge is 0.444 e. The van der Waals surface area contributed by atoms with Crippen molar-refractivity contribution in [2.75, 3.05) is 13.1 Å². The van der Waals surface area contributed by atoms with Crippen LogP contribution in [0.4, 0.5) is 4.79 Å². The zero-order valence-corrected chi connectivity index (χ0v) is 11.1. The number of hydrogen-bond donors (Lipinski definition) is 1. The topological polar surface area (TPSA) is 55.6 Å². The molecule has 4 heteroatoms. The lowest BCUT2D eigenvalue weighted by Crippen LogP contribution is -2.35. The fraction of sp³-hybridized carbons (Fsp3) is 0.923. The van der Waals surface area contributed by atoms with Crippen LogP contribution in [0.15, 0.2) is 0 Å². The van der Waals surface area contributed by atoms with Crippen LogP contribution in [0, 0.1) is 11.8 Å². The van der Waals surface area contributed by atoms with Gasteiger partial charge in [-0.05, 0) is 51.9 Å². The molecule has 1 saturated heterocycles. The van der Waals surface area contributed by atoms with E-state index in [1.807, 2.05) is 25.7 Å². The van der Waals surface area contributed by atoms with E-state index in [2.05, 4.69) is 0 Å². The number of nitrogens with zero attached hydrogens (tertiary/aromatic N) is 1. The summed E-state index contributed by atoms with van der Waals surface area (Å²) in [6, 6.07) is 0.329. The number of amides is 1. The van der Waals surface area contributed by atoms with E-state index < -0.39 is 5.60 Å². The van der Waals surface area contributed by atoms with E-state index >= 15 is 0 Å². The van der Waals surface area contributed by atoms with E-state index in [0.29, 0.717) is 17.9 Å². The van der Waals surface area contributed by atoms with Gasteiger partial charge in [-0.3, -0.25) is 0 Å². The first-order chi connectivity index (χ1) is 7.85. The standard InChI is InChI=1S/C13H24N2O2/c1-13(2,3)17-12(16)15-7-9-4-5-11(14)6-10(9)8-15/h9-11H,4-8,14H2,1-3H3/t9-,10-,11+/m0/s1. The molecule has 1 amide bonds. The molecule has 0 unspecified atom stereocenters. The van der Waals surface area contributed by atoms with Crippen LogP contribution in [0.1, 0.15) is 40.0 Å². The van der Waals surface area contributed by atoms with Gasteiger partial charge < -0.3 is 15.4 Å². The lowest BCUT2D eigenvalue weighted by molar-refractivity contribution is 0.0284. The average Bonchev–Trinajstić information content (AvgIpc) is 2.57. The van der Waals surface area contributed by atoms with Crippen LogP contribution in [0.3, 0.4) is 0 Å². The summed E-state index contributed by atoms with van der Waals surface area (Å²) in [5, 5.41) is 0. The Hall–Kier alpha value is -0.770. The van der Waals surface area contributed by atoms with Crippen molar-refractivity contribution in [3.8, 4) is 0 Å². The monoisotopic (exact) mass is 240 g/mol. The molecule has 2 aliphatic rings. The predicted molar refractivity (Wildman–Crippen MR) is 66.6 cm³/mol. The third-order valence-corrected chi connectivity index (χ3v) is 3.74. The number of rotatable bonds is 0.